The van der Waals surface area contributed by atoms with Gasteiger partial charge in [-0.3, -0.25) is 4.79 Å². The van der Waals surface area contributed by atoms with Gasteiger partial charge in [0.1, 0.15) is 0 Å². The van der Waals surface area contributed by atoms with Crippen molar-refractivity contribution in [1.29, 1.82) is 5.26 Å². The van der Waals surface area contributed by atoms with Gasteiger partial charge in [-0.05, 0) is 18.2 Å². The number of benzene rings is 1. The van der Waals surface area contributed by atoms with Crippen LogP contribution in [0.1, 0.15) is 6.42 Å². The molecule has 0 aliphatic heterocycles. The summed E-state index contributed by atoms with van der Waals surface area (Å²) in [6, 6.07) is 7.15. The normalized spacial score (nSPS) is 9.89. The van der Waals surface area contributed by atoms with Crippen molar-refractivity contribution in [3.63, 3.8) is 0 Å². The van der Waals surface area contributed by atoms with E-state index in [4.69, 9.17) is 28.5 Å². The Labute approximate surface area is 121 Å². The Kier molecular flexibility index (Phi) is 6.34. The molecule has 0 spiro atoms. The van der Waals surface area contributed by atoms with Gasteiger partial charge in [0.25, 0.3) is 0 Å². The summed E-state index contributed by atoms with van der Waals surface area (Å²) in [5.41, 5.74) is 0. The van der Waals surface area contributed by atoms with Crippen molar-refractivity contribution in [3.8, 4) is 6.07 Å². The predicted molar refractivity (Wildman–Crippen MR) is 75.1 cm³/mol. The van der Waals surface area contributed by atoms with Gasteiger partial charge in [-0.15, -0.1) is 11.8 Å². The molecular weight excluding hydrogens is 291 g/mol. The van der Waals surface area contributed by atoms with Crippen LogP contribution < -0.4 is 0 Å². The van der Waals surface area contributed by atoms with Gasteiger partial charge >= 0.3 is 0 Å². The van der Waals surface area contributed by atoms with Crippen molar-refractivity contribution in [3.05, 3.63) is 28.2 Å². The van der Waals surface area contributed by atoms with Crippen molar-refractivity contribution in [1.82, 2.24) is 4.90 Å². The highest BCUT2D eigenvalue weighted by Gasteiger charge is 2.10. The Hall–Kier alpha value is -0.890. The van der Waals surface area contributed by atoms with E-state index < -0.39 is 0 Å². The van der Waals surface area contributed by atoms with Gasteiger partial charge in [0.2, 0.25) is 5.91 Å². The molecule has 3 nitrogen and oxygen atoms in total. The Balaban J connectivity index is 2.52. The zero-order chi connectivity index (χ0) is 13.5. The van der Waals surface area contributed by atoms with E-state index in [-0.39, 0.29) is 11.7 Å². The maximum atomic E-state index is 11.7. The second-order valence-electron chi connectivity index (χ2n) is 3.59. The van der Waals surface area contributed by atoms with Gasteiger partial charge in [0.05, 0.1) is 23.3 Å². The number of carbonyl (C=O) groups excluding carboxylic acids is 1. The van der Waals surface area contributed by atoms with Gasteiger partial charge in [-0.25, -0.2) is 0 Å². The molecule has 1 aromatic rings. The number of thioether (sulfide) groups is 1. The molecule has 0 saturated carbocycles. The second-order valence-corrected chi connectivity index (χ2v) is 5.45. The van der Waals surface area contributed by atoms with Crippen molar-refractivity contribution >= 4 is 40.9 Å². The summed E-state index contributed by atoms with van der Waals surface area (Å²) in [6.45, 7) is 0.444. The van der Waals surface area contributed by atoms with Crippen molar-refractivity contribution in [2.24, 2.45) is 0 Å². The maximum Gasteiger partial charge on any atom is 0.232 e. The van der Waals surface area contributed by atoms with E-state index in [9.17, 15) is 4.79 Å². The van der Waals surface area contributed by atoms with Crippen LogP contribution in [0, 0.1) is 11.3 Å². The molecule has 0 unspecified atom stereocenters. The smallest absolute Gasteiger partial charge is 0.232 e. The van der Waals surface area contributed by atoms with E-state index >= 15 is 0 Å². The minimum Gasteiger partial charge on any atom is -0.344 e. The zero-order valence-corrected chi connectivity index (χ0v) is 12.1. The third-order valence-corrected chi connectivity index (χ3v) is 3.95. The molecule has 0 saturated heterocycles. The molecular formula is C12H12Cl2N2OS. The molecule has 0 atom stereocenters. The van der Waals surface area contributed by atoms with Gasteiger partial charge < -0.3 is 4.90 Å². The quantitative estimate of drug-likeness (QED) is 0.782. The van der Waals surface area contributed by atoms with Crippen molar-refractivity contribution < 1.29 is 4.79 Å². The van der Waals surface area contributed by atoms with Crippen LogP contribution >= 0.6 is 35.0 Å². The highest BCUT2D eigenvalue weighted by Crippen LogP contribution is 2.29. The van der Waals surface area contributed by atoms with Crippen LogP contribution in [0.2, 0.25) is 10.0 Å². The fourth-order valence-corrected chi connectivity index (χ4v) is 2.61. The van der Waals surface area contributed by atoms with E-state index in [2.05, 4.69) is 0 Å². The summed E-state index contributed by atoms with van der Waals surface area (Å²) >= 11 is 13.2. The number of amides is 1. The molecule has 0 radical (unpaired) electrons. The van der Waals surface area contributed by atoms with Crippen LogP contribution in [-0.4, -0.2) is 30.2 Å². The highest BCUT2D eigenvalue weighted by molar-refractivity contribution is 8.00. The Morgan fingerprint density at radius 1 is 1.50 bits per heavy atom. The average molecular weight is 303 g/mol. The molecule has 1 aromatic carbocycles. The van der Waals surface area contributed by atoms with Crippen LogP contribution in [0.3, 0.4) is 0 Å². The average Bonchev–Trinajstić information content (AvgIpc) is 2.36. The standard InChI is InChI=1S/C12H12Cl2N2OS/c1-16(6-2-5-15)12(17)8-18-11-7-9(13)3-4-10(11)14/h3-4,7H,2,6,8H2,1H3. The fourth-order valence-electron chi connectivity index (χ4n) is 1.18. The number of nitriles is 1. The lowest BCUT2D eigenvalue weighted by molar-refractivity contribution is -0.127. The third kappa shape index (κ3) is 4.77. The van der Waals surface area contributed by atoms with Gasteiger partial charge in [0, 0.05) is 23.5 Å². The molecule has 0 N–H and O–H groups in total. The highest BCUT2D eigenvalue weighted by atomic mass is 35.5. The van der Waals surface area contributed by atoms with Crippen LogP contribution in [0.15, 0.2) is 23.1 Å². The summed E-state index contributed by atoms with van der Waals surface area (Å²) in [4.78, 5) is 14.1. The summed E-state index contributed by atoms with van der Waals surface area (Å²) in [6.07, 6.45) is 0.338. The maximum absolute atomic E-state index is 11.7. The van der Waals surface area contributed by atoms with Crippen LogP contribution in [0.5, 0.6) is 0 Å². The molecule has 0 aromatic heterocycles. The van der Waals surface area contributed by atoms with Crippen LogP contribution in [-0.2, 0) is 4.79 Å². The number of halogens is 2. The largest absolute Gasteiger partial charge is 0.344 e. The van der Waals surface area contributed by atoms with E-state index in [1.165, 1.54) is 16.7 Å². The first kappa shape index (κ1) is 15.2. The van der Waals surface area contributed by atoms with E-state index in [1.54, 1.807) is 25.2 Å². The number of carbonyl (C=O) groups is 1. The van der Waals surface area contributed by atoms with Crippen LogP contribution in [0.25, 0.3) is 0 Å². The second kappa shape index (κ2) is 7.52. The molecule has 0 aliphatic rings. The molecule has 0 bridgehead atoms. The third-order valence-electron chi connectivity index (χ3n) is 2.23. The topological polar surface area (TPSA) is 44.1 Å². The first-order valence-electron chi connectivity index (χ1n) is 5.23. The fraction of sp³-hybridized carbons (Fsp3) is 0.333. The first-order valence-corrected chi connectivity index (χ1v) is 6.97. The SMILES string of the molecule is CN(CCC#N)C(=O)CSc1cc(Cl)ccc1Cl. The summed E-state index contributed by atoms with van der Waals surface area (Å²) in [5.74, 6) is 0.244. The lowest BCUT2D eigenvalue weighted by Crippen LogP contribution is -2.29. The van der Waals surface area contributed by atoms with Gasteiger partial charge in [-0.2, -0.15) is 5.26 Å². The summed E-state index contributed by atoms with van der Waals surface area (Å²) in [7, 11) is 1.68. The minimum absolute atomic E-state index is 0.0358. The van der Waals surface area contributed by atoms with Crippen molar-refractivity contribution in [2.45, 2.75) is 11.3 Å². The first-order chi connectivity index (χ1) is 8.54. The summed E-state index contributed by atoms with van der Waals surface area (Å²) < 4.78 is 0. The molecule has 0 fully saturated rings. The Morgan fingerprint density at radius 2 is 2.22 bits per heavy atom. The van der Waals surface area contributed by atoms with E-state index in [1.807, 2.05) is 6.07 Å². The van der Waals surface area contributed by atoms with Gasteiger partial charge in [0.15, 0.2) is 0 Å². The minimum atomic E-state index is -0.0358. The molecule has 0 heterocycles. The van der Waals surface area contributed by atoms with E-state index in [0.29, 0.717) is 23.0 Å². The lowest BCUT2D eigenvalue weighted by Gasteiger charge is -2.15. The molecule has 6 heteroatoms. The Bertz CT molecular complexity index is 474. The number of nitrogens with zero attached hydrogens (tertiary/aromatic N) is 2. The molecule has 18 heavy (non-hydrogen) atoms. The predicted octanol–water partition coefficient (Wildman–Crippen LogP) is 3.46. The monoisotopic (exact) mass is 302 g/mol. The molecule has 1 rings (SSSR count). The molecule has 1 amide bonds. The number of rotatable bonds is 5. The molecule has 0 aliphatic carbocycles. The van der Waals surface area contributed by atoms with Gasteiger partial charge in [-0.1, -0.05) is 23.2 Å². The number of hydrogen-bond acceptors (Lipinski definition) is 3. The van der Waals surface area contributed by atoms with Crippen LogP contribution in [0.4, 0.5) is 0 Å². The lowest BCUT2D eigenvalue weighted by atomic mass is 10.4. The Morgan fingerprint density at radius 3 is 2.89 bits per heavy atom. The van der Waals surface area contributed by atoms with Crippen molar-refractivity contribution in [2.75, 3.05) is 19.3 Å². The zero-order valence-electron chi connectivity index (χ0n) is 9.82. The number of hydrogen-bond donors (Lipinski definition) is 0. The summed E-state index contributed by atoms with van der Waals surface area (Å²) in [5, 5.41) is 9.62. The molecule has 96 valence electrons. The van der Waals surface area contributed by atoms with E-state index in [0.717, 1.165) is 4.90 Å².